The molecule has 5 aromatic rings. The first-order valence-corrected chi connectivity index (χ1v) is 15.1. The largest absolute Gasteiger partial charge is 0.288 e. The number of hydrogen-bond donors (Lipinski definition) is 0. The predicted molar refractivity (Wildman–Crippen MR) is 157 cm³/mol. The Morgan fingerprint density at radius 3 is 1.50 bits per heavy atom. The number of rotatable bonds is 8. The van der Waals surface area contributed by atoms with Gasteiger partial charge in [0.05, 0.1) is 51.6 Å². The number of aromatic nitrogens is 2. The number of thioether (sulfide) groups is 2. The SMILES string of the molecule is O=C1C(SCc2nc3ccc([N+](=O)[O-])cc3s2)=C(SCc2nc3ccc([N+](=O)[O-])cc3s2)C(=O)c2ccccc21. The van der Waals surface area contributed by atoms with Crippen molar-refractivity contribution in [1.29, 1.82) is 0 Å². The van der Waals surface area contributed by atoms with Gasteiger partial charge in [0.15, 0.2) is 0 Å². The number of hydrogen-bond acceptors (Lipinski definition) is 12. The molecule has 0 radical (unpaired) electrons. The fourth-order valence-corrected chi connectivity index (χ4v) is 8.50. The van der Waals surface area contributed by atoms with E-state index in [1.54, 1.807) is 36.4 Å². The van der Waals surface area contributed by atoms with Crippen LogP contribution in [0.2, 0.25) is 0 Å². The molecule has 198 valence electrons. The normalized spacial score (nSPS) is 13.3. The molecule has 1 aliphatic carbocycles. The third-order valence-electron chi connectivity index (χ3n) is 5.97. The van der Waals surface area contributed by atoms with E-state index in [2.05, 4.69) is 9.97 Å². The maximum atomic E-state index is 13.5. The third-order valence-corrected chi connectivity index (χ3v) is 10.7. The van der Waals surface area contributed by atoms with Crippen LogP contribution in [-0.2, 0) is 11.5 Å². The van der Waals surface area contributed by atoms with Gasteiger partial charge in [-0.05, 0) is 12.1 Å². The van der Waals surface area contributed by atoms with Crippen molar-refractivity contribution in [3.8, 4) is 0 Å². The summed E-state index contributed by atoms with van der Waals surface area (Å²) in [7, 11) is 0. The van der Waals surface area contributed by atoms with Crippen molar-refractivity contribution in [2.24, 2.45) is 0 Å². The molecule has 3 aromatic carbocycles. The number of carbonyl (C=O) groups excluding carboxylic acids is 2. The molecule has 40 heavy (non-hydrogen) atoms. The number of nitro benzene ring substituents is 2. The number of ketones is 2. The van der Waals surface area contributed by atoms with Crippen LogP contribution in [0.3, 0.4) is 0 Å². The van der Waals surface area contributed by atoms with Gasteiger partial charge in [-0.25, -0.2) is 9.97 Å². The molecule has 0 atom stereocenters. The molecular formula is C26H14N4O6S4. The van der Waals surface area contributed by atoms with E-state index >= 15 is 0 Å². The minimum Gasteiger partial charge on any atom is -0.288 e. The molecule has 0 amide bonds. The molecule has 0 saturated carbocycles. The van der Waals surface area contributed by atoms with Crippen LogP contribution in [-0.4, -0.2) is 31.4 Å². The van der Waals surface area contributed by atoms with E-state index in [0.29, 0.717) is 62.9 Å². The van der Waals surface area contributed by atoms with E-state index in [1.807, 2.05) is 0 Å². The van der Waals surface area contributed by atoms with Gasteiger partial charge in [-0.1, -0.05) is 24.3 Å². The van der Waals surface area contributed by atoms with Crippen molar-refractivity contribution in [2.45, 2.75) is 11.5 Å². The van der Waals surface area contributed by atoms with Gasteiger partial charge in [-0.15, -0.1) is 46.2 Å². The van der Waals surface area contributed by atoms with E-state index in [-0.39, 0.29) is 22.9 Å². The number of nitro groups is 2. The molecule has 0 N–H and O–H groups in total. The lowest BCUT2D eigenvalue weighted by Crippen LogP contribution is -2.19. The first-order chi connectivity index (χ1) is 19.3. The van der Waals surface area contributed by atoms with Gasteiger partial charge in [0.1, 0.15) is 10.0 Å². The monoisotopic (exact) mass is 606 g/mol. The summed E-state index contributed by atoms with van der Waals surface area (Å²) in [5.41, 5.74) is 1.89. The van der Waals surface area contributed by atoms with E-state index in [1.165, 1.54) is 70.5 Å². The zero-order chi connectivity index (χ0) is 28.0. The molecule has 0 unspecified atom stereocenters. The fraction of sp³-hybridized carbons (Fsp3) is 0.0769. The summed E-state index contributed by atoms with van der Waals surface area (Å²) in [6.07, 6.45) is 0. The lowest BCUT2D eigenvalue weighted by molar-refractivity contribution is -0.384. The van der Waals surface area contributed by atoms with Gasteiger partial charge >= 0.3 is 0 Å². The summed E-state index contributed by atoms with van der Waals surface area (Å²) < 4.78 is 1.33. The number of non-ortho nitro benzene ring substituents is 2. The minimum atomic E-state index is -0.460. The lowest BCUT2D eigenvalue weighted by Gasteiger charge is -2.19. The van der Waals surface area contributed by atoms with E-state index in [0.717, 1.165) is 0 Å². The summed E-state index contributed by atoms with van der Waals surface area (Å²) in [6.45, 7) is 0. The molecule has 0 spiro atoms. The summed E-state index contributed by atoms with van der Waals surface area (Å²) in [4.78, 5) is 58.1. The predicted octanol–water partition coefficient (Wildman–Crippen LogP) is 7.18. The zero-order valence-corrected chi connectivity index (χ0v) is 23.3. The number of allylic oxidation sites excluding steroid dienone is 2. The molecule has 14 heteroatoms. The molecule has 10 nitrogen and oxygen atoms in total. The Kier molecular flexibility index (Phi) is 6.92. The topological polar surface area (TPSA) is 146 Å². The van der Waals surface area contributed by atoms with Crippen molar-refractivity contribution in [1.82, 2.24) is 9.97 Å². The fourth-order valence-electron chi connectivity index (χ4n) is 4.13. The van der Waals surface area contributed by atoms with Gasteiger partial charge in [0.2, 0.25) is 11.6 Å². The van der Waals surface area contributed by atoms with Crippen LogP contribution in [0.5, 0.6) is 0 Å². The maximum Gasteiger partial charge on any atom is 0.270 e. The summed E-state index contributed by atoms with van der Waals surface area (Å²) in [6, 6.07) is 15.6. The van der Waals surface area contributed by atoms with Gasteiger partial charge in [-0.3, -0.25) is 29.8 Å². The summed E-state index contributed by atoms with van der Waals surface area (Å²) >= 11 is 5.04. The standard InChI is InChI=1S/C26H14N4O6S4/c31-23-15-3-1-2-4-16(15)24(32)26(38-12-22-28-18-8-6-14(30(35)36)10-20(18)40-22)25(23)37-11-21-27-17-7-5-13(29(33)34)9-19(17)39-21/h1-10H,11-12H2. The molecule has 0 bridgehead atoms. The van der Waals surface area contributed by atoms with Crippen LogP contribution < -0.4 is 0 Å². The van der Waals surface area contributed by atoms with Crippen molar-refractivity contribution in [3.63, 3.8) is 0 Å². The Bertz CT molecular complexity index is 1790. The number of carbonyl (C=O) groups is 2. The second-order valence-electron chi connectivity index (χ2n) is 8.47. The van der Waals surface area contributed by atoms with Crippen LogP contribution >= 0.6 is 46.2 Å². The van der Waals surface area contributed by atoms with Crippen LogP contribution in [0.4, 0.5) is 11.4 Å². The van der Waals surface area contributed by atoms with Crippen molar-refractivity contribution in [3.05, 3.63) is 112 Å². The highest BCUT2D eigenvalue weighted by atomic mass is 32.2. The maximum absolute atomic E-state index is 13.5. The van der Waals surface area contributed by atoms with Gasteiger partial charge in [0, 0.05) is 35.4 Å². The Hall–Kier alpha value is -3.98. The third kappa shape index (κ3) is 4.90. The lowest BCUT2D eigenvalue weighted by atomic mass is 9.94. The van der Waals surface area contributed by atoms with Gasteiger partial charge in [0.25, 0.3) is 11.4 Å². The number of nitrogens with zero attached hydrogens (tertiary/aromatic N) is 4. The number of fused-ring (bicyclic) bond motifs is 3. The van der Waals surface area contributed by atoms with E-state index in [4.69, 9.17) is 0 Å². The Morgan fingerprint density at radius 2 is 1.10 bits per heavy atom. The Labute approximate surface area is 241 Å². The molecule has 2 heterocycles. The van der Waals surface area contributed by atoms with Crippen LogP contribution in [0.25, 0.3) is 20.4 Å². The zero-order valence-electron chi connectivity index (χ0n) is 20.1. The summed E-state index contributed by atoms with van der Waals surface area (Å²) in [5, 5.41) is 23.6. The van der Waals surface area contributed by atoms with E-state index in [9.17, 15) is 29.8 Å². The molecule has 0 aliphatic heterocycles. The first-order valence-electron chi connectivity index (χ1n) is 11.5. The van der Waals surface area contributed by atoms with Gasteiger partial charge in [-0.2, -0.15) is 0 Å². The second-order valence-corrected chi connectivity index (χ2v) is 12.7. The summed E-state index contributed by atoms with van der Waals surface area (Å²) in [5.74, 6) is 0.107. The van der Waals surface area contributed by atoms with Gasteiger partial charge < -0.3 is 0 Å². The Balaban J connectivity index is 1.30. The number of Topliss-reactive ketones (excluding diaryl/α,β-unsaturated/α-hetero) is 2. The highest BCUT2D eigenvalue weighted by Gasteiger charge is 2.33. The number of thiazole rings is 2. The molecule has 6 rings (SSSR count). The van der Waals surface area contributed by atoms with E-state index < -0.39 is 9.85 Å². The van der Waals surface area contributed by atoms with Crippen molar-refractivity contribution < 1.29 is 19.4 Å². The van der Waals surface area contributed by atoms with Crippen molar-refractivity contribution >= 4 is 89.6 Å². The smallest absolute Gasteiger partial charge is 0.270 e. The quantitative estimate of drug-likeness (QED) is 0.131. The second kappa shape index (κ2) is 10.5. The molecule has 0 saturated heterocycles. The number of benzene rings is 3. The Morgan fingerprint density at radius 1 is 0.675 bits per heavy atom. The molecule has 2 aromatic heterocycles. The average Bonchev–Trinajstić information content (AvgIpc) is 3.55. The van der Waals surface area contributed by atoms with Crippen LogP contribution in [0, 0.1) is 20.2 Å². The van der Waals surface area contributed by atoms with Crippen molar-refractivity contribution in [2.75, 3.05) is 0 Å². The molecule has 1 aliphatic rings. The van der Waals surface area contributed by atoms with Crippen LogP contribution in [0.1, 0.15) is 30.7 Å². The highest BCUT2D eigenvalue weighted by Crippen LogP contribution is 2.42. The first kappa shape index (κ1) is 26.3. The molecule has 0 fully saturated rings. The van der Waals surface area contributed by atoms with Crippen LogP contribution in [0.15, 0.2) is 70.5 Å². The average molecular weight is 607 g/mol. The minimum absolute atomic E-state index is 0.0223. The molecular weight excluding hydrogens is 593 g/mol. The highest BCUT2D eigenvalue weighted by molar-refractivity contribution is 8.07.